The van der Waals surface area contributed by atoms with Crippen molar-refractivity contribution in [3.8, 4) is 5.75 Å². The Bertz CT molecular complexity index is 748. The number of nitrogens with zero attached hydrogens (tertiary/aromatic N) is 2. The molecule has 0 saturated heterocycles. The Morgan fingerprint density at radius 3 is 2.46 bits per heavy atom. The van der Waals surface area contributed by atoms with Crippen LogP contribution in [0.5, 0.6) is 5.75 Å². The number of halogens is 1. The lowest BCUT2D eigenvalue weighted by Gasteiger charge is -2.11. The molecule has 0 saturated carbocycles. The van der Waals surface area contributed by atoms with Crippen LogP contribution in [0.3, 0.4) is 0 Å². The van der Waals surface area contributed by atoms with E-state index in [-0.39, 0.29) is 10.7 Å². The number of ether oxygens (including phenoxy) is 1. The smallest absolute Gasteiger partial charge is 0.244 e. The summed E-state index contributed by atoms with van der Waals surface area (Å²) in [5.41, 5.74) is 0. The third kappa shape index (κ3) is 5.19. The van der Waals surface area contributed by atoms with Crippen LogP contribution < -0.4 is 4.74 Å². The lowest BCUT2D eigenvalue weighted by Crippen LogP contribution is -2.22. The second-order valence-electron chi connectivity index (χ2n) is 5.12. The van der Waals surface area contributed by atoms with Crippen LogP contribution >= 0.6 is 11.8 Å². The molecule has 0 atom stereocenters. The van der Waals surface area contributed by atoms with Gasteiger partial charge in [-0.2, -0.15) is 0 Å². The highest BCUT2D eigenvalue weighted by molar-refractivity contribution is 7.99. The van der Waals surface area contributed by atoms with E-state index in [1.807, 2.05) is 0 Å². The Kier molecular flexibility index (Phi) is 6.59. The number of hydrogen-bond donors (Lipinski definition) is 0. The molecule has 2 rings (SSSR count). The van der Waals surface area contributed by atoms with Gasteiger partial charge in [0.25, 0.3) is 0 Å². The van der Waals surface area contributed by atoms with Crippen LogP contribution in [-0.2, 0) is 10.0 Å². The van der Waals surface area contributed by atoms with Gasteiger partial charge in [0.1, 0.15) is 16.5 Å². The summed E-state index contributed by atoms with van der Waals surface area (Å²) in [6.07, 6.45) is 2.16. The highest BCUT2D eigenvalue weighted by Gasteiger charge is 2.17. The first-order valence-electron chi connectivity index (χ1n) is 7.29. The first-order chi connectivity index (χ1) is 11.4. The average Bonchev–Trinajstić information content (AvgIpc) is 2.56. The van der Waals surface area contributed by atoms with Crippen molar-refractivity contribution in [2.24, 2.45) is 0 Å². The monoisotopic (exact) mass is 370 g/mol. The first-order valence-corrected chi connectivity index (χ1v) is 9.72. The molecule has 0 amide bonds. The van der Waals surface area contributed by atoms with E-state index in [4.69, 9.17) is 4.74 Å². The van der Waals surface area contributed by atoms with Gasteiger partial charge in [0, 0.05) is 26.0 Å². The van der Waals surface area contributed by atoms with Crippen LogP contribution in [0.4, 0.5) is 4.39 Å². The van der Waals surface area contributed by atoms with Crippen molar-refractivity contribution in [1.29, 1.82) is 0 Å². The number of hydrogen-bond acceptors (Lipinski definition) is 5. The minimum atomic E-state index is -3.44. The normalized spacial score (nSPS) is 11.7. The molecule has 5 nitrogen and oxygen atoms in total. The van der Waals surface area contributed by atoms with Gasteiger partial charge in [-0.25, -0.2) is 22.1 Å². The molecule has 0 fully saturated rings. The van der Waals surface area contributed by atoms with E-state index in [1.54, 1.807) is 24.3 Å². The SMILES string of the molecule is CN(C)S(=O)(=O)c1ccc(SCCCOc2ccc(F)cc2)nc1. The van der Waals surface area contributed by atoms with Gasteiger partial charge in [-0.05, 0) is 42.8 Å². The fourth-order valence-electron chi connectivity index (χ4n) is 1.77. The number of pyridine rings is 1. The first kappa shape index (κ1) is 18.7. The van der Waals surface area contributed by atoms with Gasteiger partial charge in [0.2, 0.25) is 10.0 Å². The minimum Gasteiger partial charge on any atom is -0.494 e. The van der Waals surface area contributed by atoms with Gasteiger partial charge in [-0.3, -0.25) is 0 Å². The van der Waals surface area contributed by atoms with Crippen molar-refractivity contribution in [2.45, 2.75) is 16.3 Å². The molecule has 0 aliphatic heterocycles. The number of rotatable bonds is 8. The number of sulfonamides is 1. The molecule has 1 heterocycles. The zero-order chi connectivity index (χ0) is 17.6. The maximum absolute atomic E-state index is 12.8. The fraction of sp³-hybridized carbons (Fsp3) is 0.312. The quantitative estimate of drug-likeness (QED) is 0.528. The van der Waals surface area contributed by atoms with Gasteiger partial charge < -0.3 is 4.74 Å². The van der Waals surface area contributed by atoms with Crippen LogP contribution in [0.2, 0.25) is 0 Å². The summed E-state index contributed by atoms with van der Waals surface area (Å²) >= 11 is 1.53. The maximum Gasteiger partial charge on any atom is 0.244 e. The molecule has 0 unspecified atom stereocenters. The molecular formula is C16H19FN2O3S2. The van der Waals surface area contributed by atoms with Crippen LogP contribution in [0.25, 0.3) is 0 Å². The Hall–Kier alpha value is -1.64. The molecule has 1 aromatic heterocycles. The minimum absolute atomic E-state index is 0.177. The molecule has 0 spiro atoms. The van der Waals surface area contributed by atoms with E-state index in [2.05, 4.69) is 4.98 Å². The maximum atomic E-state index is 12.8. The van der Waals surface area contributed by atoms with Crippen molar-refractivity contribution < 1.29 is 17.5 Å². The number of aromatic nitrogens is 1. The number of benzene rings is 1. The zero-order valence-electron chi connectivity index (χ0n) is 13.5. The highest BCUT2D eigenvalue weighted by Crippen LogP contribution is 2.19. The fourth-order valence-corrected chi connectivity index (χ4v) is 3.38. The van der Waals surface area contributed by atoms with Gasteiger partial charge in [-0.15, -0.1) is 11.8 Å². The molecule has 2 aromatic rings. The summed E-state index contributed by atoms with van der Waals surface area (Å²) in [6, 6.07) is 9.15. The van der Waals surface area contributed by atoms with Gasteiger partial charge in [-0.1, -0.05) is 0 Å². The molecule has 0 N–H and O–H groups in total. The lowest BCUT2D eigenvalue weighted by atomic mass is 10.3. The number of thioether (sulfide) groups is 1. The average molecular weight is 370 g/mol. The van der Waals surface area contributed by atoms with Gasteiger partial charge in [0.15, 0.2) is 0 Å². The summed E-state index contributed by atoms with van der Waals surface area (Å²) < 4.78 is 43.3. The molecule has 0 aliphatic rings. The van der Waals surface area contributed by atoms with E-state index >= 15 is 0 Å². The van der Waals surface area contributed by atoms with Gasteiger partial charge >= 0.3 is 0 Å². The molecule has 0 radical (unpaired) electrons. The summed E-state index contributed by atoms with van der Waals surface area (Å²) in [5.74, 6) is 1.13. The van der Waals surface area contributed by atoms with Crippen molar-refractivity contribution in [2.75, 3.05) is 26.5 Å². The second-order valence-corrected chi connectivity index (χ2v) is 8.39. The van der Waals surface area contributed by atoms with E-state index in [0.29, 0.717) is 12.4 Å². The Morgan fingerprint density at radius 1 is 1.17 bits per heavy atom. The summed E-state index contributed by atoms with van der Waals surface area (Å²) in [4.78, 5) is 4.34. The third-order valence-corrected chi connectivity index (χ3v) is 5.94. The van der Waals surface area contributed by atoms with Crippen LogP contribution in [-0.4, -0.2) is 44.2 Å². The van der Waals surface area contributed by atoms with Crippen molar-refractivity contribution >= 4 is 21.8 Å². The standard InChI is InChI=1S/C16H19FN2O3S2/c1-19(2)24(20,21)15-8-9-16(18-12-15)23-11-3-10-22-14-6-4-13(17)5-7-14/h4-9,12H,3,10-11H2,1-2H3. The third-order valence-electron chi connectivity index (χ3n) is 3.11. The Morgan fingerprint density at radius 2 is 1.88 bits per heavy atom. The predicted molar refractivity (Wildman–Crippen MR) is 92.3 cm³/mol. The summed E-state index contributed by atoms with van der Waals surface area (Å²) in [6.45, 7) is 0.520. The molecule has 8 heteroatoms. The largest absolute Gasteiger partial charge is 0.494 e. The lowest BCUT2D eigenvalue weighted by molar-refractivity contribution is 0.318. The Labute approximate surface area is 145 Å². The molecule has 0 aliphatic carbocycles. The predicted octanol–water partition coefficient (Wildman–Crippen LogP) is 3.03. The zero-order valence-corrected chi connectivity index (χ0v) is 15.1. The van der Waals surface area contributed by atoms with Crippen molar-refractivity contribution in [1.82, 2.24) is 9.29 Å². The summed E-state index contributed by atoms with van der Waals surface area (Å²) in [5, 5.41) is 0.759. The molecular weight excluding hydrogens is 351 g/mol. The molecule has 0 bridgehead atoms. The summed E-state index contributed by atoms with van der Waals surface area (Å²) in [7, 11) is -0.471. The van der Waals surface area contributed by atoms with Crippen LogP contribution in [0.15, 0.2) is 52.5 Å². The van der Waals surface area contributed by atoms with E-state index in [1.165, 1.54) is 44.2 Å². The Balaban J connectivity index is 1.76. The van der Waals surface area contributed by atoms with Crippen molar-refractivity contribution in [3.63, 3.8) is 0 Å². The van der Waals surface area contributed by atoms with Gasteiger partial charge in [0.05, 0.1) is 11.6 Å². The molecule has 130 valence electrons. The van der Waals surface area contributed by atoms with E-state index in [9.17, 15) is 12.8 Å². The molecule has 24 heavy (non-hydrogen) atoms. The van der Waals surface area contributed by atoms with Crippen molar-refractivity contribution in [3.05, 3.63) is 48.4 Å². The highest BCUT2D eigenvalue weighted by atomic mass is 32.2. The van der Waals surface area contributed by atoms with E-state index in [0.717, 1.165) is 21.5 Å². The van der Waals surface area contributed by atoms with Crippen LogP contribution in [0.1, 0.15) is 6.42 Å². The van der Waals surface area contributed by atoms with Crippen LogP contribution in [0, 0.1) is 5.82 Å². The molecule has 1 aromatic carbocycles. The second kappa shape index (κ2) is 8.46. The van der Waals surface area contributed by atoms with E-state index < -0.39 is 10.0 Å². The topological polar surface area (TPSA) is 59.5 Å².